The largest absolute Gasteiger partial charge is 0.396 e. The summed E-state index contributed by atoms with van der Waals surface area (Å²) in [5.74, 6) is 0. The number of rotatable bonds is 4. The standard InChI is InChI=1S/C16H22N2O2/c1-2-18-15-7-4-3-6-13(15)14(17-18)10-16(11-19)8-5-9-20-12-16/h3-4,6-7,19H,2,5,8-12H2,1H3. The molecule has 1 aliphatic heterocycles. The maximum Gasteiger partial charge on any atom is 0.0710 e. The van der Waals surface area contributed by atoms with Gasteiger partial charge in [0.25, 0.3) is 0 Å². The minimum Gasteiger partial charge on any atom is -0.396 e. The van der Waals surface area contributed by atoms with Crippen LogP contribution in [0.1, 0.15) is 25.5 Å². The molecule has 108 valence electrons. The van der Waals surface area contributed by atoms with E-state index in [0.29, 0.717) is 6.61 Å². The van der Waals surface area contributed by atoms with Crippen LogP contribution >= 0.6 is 0 Å². The number of nitrogens with zero attached hydrogens (tertiary/aromatic N) is 2. The van der Waals surface area contributed by atoms with Gasteiger partial charge in [-0.3, -0.25) is 4.68 Å². The van der Waals surface area contributed by atoms with Gasteiger partial charge in [-0.15, -0.1) is 0 Å². The predicted molar refractivity (Wildman–Crippen MR) is 78.7 cm³/mol. The van der Waals surface area contributed by atoms with Crippen molar-refractivity contribution in [2.75, 3.05) is 19.8 Å². The number of para-hydroxylation sites is 1. The highest BCUT2D eigenvalue weighted by molar-refractivity contribution is 5.82. The van der Waals surface area contributed by atoms with E-state index in [4.69, 9.17) is 9.84 Å². The number of benzene rings is 1. The van der Waals surface area contributed by atoms with Crippen LogP contribution in [0.25, 0.3) is 10.9 Å². The molecule has 0 bridgehead atoms. The van der Waals surface area contributed by atoms with E-state index < -0.39 is 0 Å². The van der Waals surface area contributed by atoms with Crippen molar-refractivity contribution < 1.29 is 9.84 Å². The second kappa shape index (κ2) is 5.54. The monoisotopic (exact) mass is 274 g/mol. The van der Waals surface area contributed by atoms with Gasteiger partial charge in [0.05, 0.1) is 24.4 Å². The summed E-state index contributed by atoms with van der Waals surface area (Å²) in [6, 6.07) is 8.33. The van der Waals surface area contributed by atoms with E-state index in [1.807, 2.05) is 10.7 Å². The Morgan fingerprint density at radius 3 is 2.95 bits per heavy atom. The molecule has 0 amide bonds. The number of ether oxygens (including phenoxy) is 1. The topological polar surface area (TPSA) is 47.3 Å². The smallest absolute Gasteiger partial charge is 0.0710 e. The first kappa shape index (κ1) is 13.6. The third-order valence-electron chi connectivity index (χ3n) is 4.32. The van der Waals surface area contributed by atoms with E-state index in [-0.39, 0.29) is 12.0 Å². The highest BCUT2D eigenvalue weighted by Crippen LogP contribution is 2.33. The third kappa shape index (κ3) is 2.34. The second-order valence-corrected chi connectivity index (χ2v) is 5.77. The second-order valence-electron chi connectivity index (χ2n) is 5.77. The molecule has 0 aliphatic carbocycles. The van der Waals surface area contributed by atoms with Gasteiger partial charge in [0.1, 0.15) is 0 Å². The maximum absolute atomic E-state index is 9.82. The Kier molecular flexibility index (Phi) is 3.76. The van der Waals surface area contributed by atoms with Crippen LogP contribution < -0.4 is 0 Å². The highest BCUT2D eigenvalue weighted by atomic mass is 16.5. The van der Waals surface area contributed by atoms with Gasteiger partial charge in [-0.2, -0.15) is 5.10 Å². The lowest BCUT2D eigenvalue weighted by Crippen LogP contribution is -2.37. The fraction of sp³-hybridized carbons (Fsp3) is 0.562. The first-order valence-electron chi connectivity index (χ1n) is 7.41. The first-order valence-corrected chi connectivity index (χ1v) is 7.41. The normalized spacial score (nSPS) is 23.3. The third-order valence-corrected chi connectivity index (χ3v) is 4.32. The van der Waals surface area contributed by atoms with Crippen molar-refractivity contribution in [2.45, 2.75) is 32.7 Å². The maximum atomic E-state index is 9.82. The van der Waals surface area contributed by atoms with Crippen LogP contribution in [0.2, 0.25) is 0 Å². The van der Waals surface area contributed by atoms with Crippen molar-refractivity contribution in [3.05, 3.63) is 30.0 Å². The summed E-state index contributed by atoms with van der Waals surface area (Å²) in [5, 5.41) is 15.8. The van der Waals surface area contributed by atoms with E-state index in [2.05, 4.69) is 25.1 Å². The molecule has 4 heteroatoms. The molecular formula is C16H22N2O2. The molecule has 1 saturated heterocycles. The van der Waals surface area contributed by atoms with Crippen LogP contribution in [-0.2, 0) is 17.7 Å². The zero-order valence-corrected chi connectivity index (χ0v) is 12.0. The Hall–Kier alpha value is -1.39. The Morgan fingerprint density at radius 2 is 2.25 bits per heavy atom. The fourth-order valence-electron chi connectivity index (χ4n) is 3.15. The fourth-order valence-corrected chi connectivity index (χ4v) is 3.15. The summed E-state index contributed by atoms with van der Waals surface area (Å²) in [6.07, 6.45) is 2.82. The summed E-state index contributed by atoms with van der Waals surface area (Å²) in [6.45, 7) is 4.58. The molecule has 20 heavy (non-hydrogen) atoms. The number of hydrogen-bond donors (Lipinski definition) is 1. The van der Waals surface area contributed by atoms with E-state index in [0.717, 1.165) is 38.1 Å². The van der Waals surface area contributed by atoms with Gasteiger partial charge in [-0.25, -0.2) is 0 Å². The van der Waals surface area contributed by atoms with Gasteiger partial charge in [-0.05, 0) is 25.8 Å². The van der Waals surface area contributed by atoms with Gasteiger partial charge in [0.2, 0.25) is 0 Å². The molecule has 1 atom stereocenters. The van der Waals surface area contributed by atoms with E-state index in [9.17, 15) is 5.11 Å². The molecule has 2 heterocycles. The Balaban J connectivity index is 1.97. The molecule has 0 spiro atoms. The van der Waals surface area contributed by atoms with Crippen molar-refractivity contribution >= 4 is 10.9 Å². The van der Waals surface area contributed by atoms with E-state index in [1.54, 1.807) is 0 Å². The average molecular weight is 274 g/mol. The molecule has 1 fully saturated rings. The summed E-state index contributed by atoms with van der Waals surface area (Å²) in [5.41, 5.74) is 2.10. The van der Waals surface area contributed by atoms with Gasteiger partial charge in [-0.1, -0.05) is 18.2 Å². The Morgan fingerprint density at radius 1 is 1.40 bits per heavy atom. The van der Waals surface area contributed by atoms with Crippen LogP contribution in [-0.4, -0.2) is 34.7 Å². The van der Waals surface area contributed by atoms with Crippen molar-refractivity contribution in [2.24, 2.45) is 5.41 Å². The number of aliphatic hydroxyl groups excluding tert-OH is 1. The molecule has 3 rings (SSSR count). The van der Waals surface area contributed by atoms with Crippen molar-refractivity contribution in [3.8, 4) is 0 Å². The summed E-state index contributed by atoms with van der Waals surface area (Å²) < 4.78 is 7.64. The van der Waals surface area contributed by atoms with Crippen LogP contribution in [0, 0.1) is 5.41 Å². The molecule has 2 aromatic rings. The lowest BCUT2D eigenvalue weighted by molar-refractivity contribution is -0.0382. The molecule has 0 radical (unpaired) electrons. The lowest BCUT2D eigenvalue weighted by Gasteiger charge is -2.34. The van der Waals surface area contributed by atoms with Gasteiger partial charge >= 0.3 is 0 Å². The number of aliphatic hydroxyl groups is 1. The van der Waals surface area contributed by atoms with Crippen LogP contribution in [0.4, 0.5) is 0 Å². The molecule has 1 aliphatic rings. The molecule has 4 nitrogen and oxygen atoms in total. The molecular weight excluding hydrogens is 252 g/mol. The van der Waals surface area contributed by atoms with Gasteiger partial charge < -0.3 is 9.84 Å². The summed E-state index contributed by atoms with van der Waals surface area (Å²) >= 11 is 0. The Bertz CT molecular complexity index is 585. The van der Waals surface area contributed by atoms with Crippen molar-refractivity contribution in [1.29, 1.82) is 0 Å². The minimum atomic E-state index is -0.159. The number of aromatic nitrogens is 2. The van der Waals surface area contributed by atoms with Crippen molar-refractivity contribution in [1.82, 2.24) is 9.78 Å². The molecule has 0 saturated carbocycles. The predicted octanol–water partition coefficient (Wildman–Crippen LogP) is 2.39. The molecule has 1 N–H and O–H groups in total. The van der Waals surface area contributed by atoms with E-state index in [1.165, 1.54) is 10.9 Å². The van der Waals surface area contributed by atoms with E-state index >= 15 is 0 Å². The zero-order valence-electron chi connectivity index (χ0n) is 12.0. The molecule has 1 aromatic heterocycles. The lowest BCUT2D eigenvalue weighted by atomic mass is 9.79. The molecule has 1 aromatic carbocycles. The number of aryl methyl sites for hydroxylation is 1. The first-order chi connectivity index (χ1) is 9.78. The minimum absolute atomic E-state index is 0.159. The SMILES string of the molecule is CCn1nc(CC2(CO)CCCOC2)c2ccccc21. The van der Waals surface area contributed by atoms with Gasteiger partial charge in [0.15, 0.2) is 0 Å². The summed E-state index contributed by atoms with van der Waals surface area (Å²) in [4.78, 5) is 0. The van der Waals surface area contributed by atoms with Crippen molar-refractivity contribution in [3.63, 3.8) is 0 Å². The van der Waals surface area contributed by atoms with Crippen LogP contribution in [0.3, 0.4) is 0 Å². The quantitative estimate of drug-likeness (QED) is 0.931. The van der Waals surface area contributed by atoms with Crippen LogP contribution in [0.5, 0.6) is 0 Å². The summed E-state index contributed by atoms with van der Waals surface area (Å²) in [7, 11) is 0. The number of hydrogen-bond acceptors (Lipinski definition) is 3. The molecule has 1 unspecified atom stereocenters. The number of fused-ring (bicyclic) bond motifs is 1. The Labute approximate surface area is 119 Å². The zero-order chi connectivity index (χ0) is 14.0. The van der Waals surface area contributed by atoms with Gasteiger partial charge in [0, 0.05) is 30.4 Å². The average Bonchev–Trinajstić information content (AvgIpc) is 2.86. The highest BCUT2D eigenvalue weighted by Gasteiger charge is 2.34. The van der Waals surface area contributed by atoms with Crippen LogP contribution in [0.15, 0.2) is 24.3 Å².